The number of esters is 1. The highest BCUT2D eigenvalue weighted by Crippen LogP contribution is 2.27. The number of carboxylic acid groups (broad SMARTS) is 1. The van der Waals surface area contributed by atoms with Crippen molar-refractivity contribution in [1.29, 1.82) is 0 Å². The Kier molecular flexibility index (Phi) is 7.22. The van der Waals surface area contributed by atoms with Crippen molar-refractivity contribution in [2.45, 2.75) is 46.2 Å². The van der Waals surface area contributed by atoms with E-state index in [1.807, 2.05) is 24.3 Å². The van der Waals surface area contributed by atoms with Crippen molar-refractivity contribution in [2.75, 3.05) is 13.7 Å². The molecule has 0 aliphatic carbocycles. The van der Waals surface area contributed by atoms with Crippen molar-refractivity contribution in [3.05, 3.63) is 29.8 Å². The van der Waals surface area contributed by atoms with Crippen LogP contribution in [0.4, 0.5) is 0 Å². The van der Waals surface area contributed by atoms with E-state index in [4.69, 9.17) is 9.47 Å². The number of nitrogens with one attached hydrogen (secondary N) is 1. The Morgan fingerprint density at radius 2 is 2.00 bits per heavy atom. The van der Waals surface area contributed by atoms with E-state index in [1.54, 1.807) is 34.8 Å². The van der Waals surface area contributed by atoms with E-state index in [1.165, 1.54) is 0 Å². The van der Waals surface area contributed by atoms with Gasteiger partial charge in [0, 0.05) is 6.04 Å². The lowest BCUT2D eigenvalue weighted by atomic mass is 9.80. The third-order valence-corrected chi connectivity index (χ3v) is 4.07. The molecule has 0 radical (unpaired) electrons. The minimum absolute atomic E-state index is 0.280. The van der Waals surface area contributed by atoms with Gasteiger partial charge in [0.05, 0.1) is 19.1 Å². The number of hydrogen-bond acceptors (Lipinski definition) is 5. The zero-order chi connectivity index (χ0) is 18.3. The standard InChI is InChI=1S/C18H27NO5/c1-6-24-17(22)18(3,4)15(19-12(2)16(20)21)11-13-8-7-9-14(10-13)23-5/h7-10,12,15,19H,6,11H2,1-5H3,(H,20,21). The Morgan fingerprint density at radius 3 is 2.54 bits per heavy atom. The summed E-state index contributed by atoms with van der Waals surface area (Å²) in [6, 6.07) is 6.31. The fourth-order valence-electron chi connectivity index (χ4n) is 2.39. The zero-order valence-electron chi connectivity index (χ0n) is 15.0. The Bertz CT molecular complexity index is 570. The van der Waals surface area contributed by atoms with Gasteiger partial charge >= 0.3 is 11.9 Å². The topological polar surface area (TPSA) is 84.9 Å². The second kappa shape index (κ2) is 8.68. The largest absolute Gasteiger partial charge is 0.497 e. The van der Waals surface area contributed by atoms with Gasteiger partial charge in [-0.3, -0.25) is 9.59 Å². The third kappa shape index (κ3) is 5.23. The molecule has 1 rings (SSSR count). The van der Waals surface area contributed by atoms with E-state index in [9.17, 15) is 14.7 Å². The maximum Gasteiger partial charge on any atom is 0.320 e. The number of carbonyl (C=O) groups excluding carboxylic acids is 1. The van der Waals surface area contributed by atoms with E-state index in [0.29, 0.717) is 12.2 Å². The molecule has 0 heterocycles. The molecule has 6 heteroatoms. The highest BCUT2D eigenvalue weighted by molar-refractivity contribution is 5.77. The van der Waals surface area contributed by atoms with Crippen molar-refractivity contribution < 1.29 is 24.2 Å². The molecule has 0 saturated heterocycles. The first-order valence-electron chi connectivity index (χ1n) is 8.01. The predicted octanol–water partition coefficient (Wildman–Crippen LogP) is 2.26. The summed E-state index contributed by atoms with van der Waals surface area (Å²) in [6.45, 7) is 7.11. The third-order valence-electron chi connectivity index (χ3n) is 4.07. The van der Waals surface area contributed by atoms with Crippen LogP contribution in [-0.2, 0) is 20.7 Å². The lowest BCUT2D eigenvalue weighted by molar-refractivity contribution is -0.156. The molecule has 0 spiro atoms. The number of aliphatic carboxylic acids is 1. The molecule has 2 atom stereocenters. The van der Waals surface area contributed by atoms with Crippen LogP contribution in [0, 0.1) is 5.41 Å². The summed E-state index contributed by atoms with van der Waals surface area (Å²) in [4.78, 5) is 23.5. The lowest BCUT2D eigenvalue weighted by Gasteiger charge is -2.34. The molecule has 0 amide bonds. The molecular weight excluding hydrogens is 310 g/mol. The van der Waals surface area contributed by atoms with Crippen LogP contribution in [0.3, 0.4) is 0 Å². The molecule has 0 fully saturated rings. The lowest BCUT2D eigenvalue weighted by Crippen LogP contribution is -2.53. The first-order valence-corrected chi connectivity index (χ1v) is 8.01. The fourth-order valence-corrected chi connectivity index (χ4v) is 2.39. The van der Waals surface area contributed by atoms with Crippen molar-refractivity contribution in [3.8, 4) is 5.75 Å². The second-order valence-electron chi connectivity index (χ2n) is 6.28. The van der Waals surface area contributed by atoms with E-state index >= 15 is 0 Å². The minimum Gasteiger partial charge on any atom is -0.497 e. The maximum atomic E-state index is 12.3. The zero-order valence-corrected chi connectivity index (χ0v) is 15.0. The Hall–Kier alpha value is -2.08. The van der Waals surface area contributed by atoms with Gasteiger partial charge in [0.1, 0.15) is 11.8 Å². The van der Waals surface area contributed by atoms with E-state index in [2.05, 4.69) is 5.32 Å². The number of ether oxygens (including phenoxy) is 2. The highest BCUT2D eigenvalue weighted by atomic mass is 16.5. The number of benzene rings is 1. The molecule has 0 aliphatic heterocycles. The Balaban J connectivity index is 3.07. The second-order valence-corrected chi connectivity index (χ2v) is 6.28. The van der Waals surface area contributed by atoms with Gasteiger partial charge in [-0.2, -0.15) is 0 Å². The first-order chi connectivity index (χ1) is 11.2. The van der Waals surface area contributed by atoms with Crippen LogP contribution in [0.5, 0.6) is 5.75 Å². The van der Waals surface area contributed by atoms with Crippen LogP contribution in [0.1, 0.15) is 33.3 Å². The monoisotopic (exact) mass is 337 g/mol. The van der Waals surface area contributed by atoms with Crippen LogP contribution < -0.4 is 10.1 Å². The summed E-state index contributed by atoms with van der Waals surface area (Å²) in [6.07, 6.45) is 0.473. The van der Waals surface area contributed by atoms with Crippen LogP contribution in [0.2, 0.25) is 0 Å². The molecule has 0 saturated carbocycles. The minimum atomic E-state index is -0.967. The number of hydrogen-bond donors (Lipinski definition) is 2. The van der Waals surface area contributed by atoms with E-state index < -0.39 is 23.5 Å². The molecule has 1 aromatic rings. The van der Waals surface area contributed by atoms with Crippen LogP contribution >= 0.6 is 0 Å². The number of rotatable bonds is 9. The molecule has 24 heavy (non-hydrogen) atoms. The van der Waals surface area contributed by atoms with Gasteiger partial charge in [0.2, 0.25) is 0 Å². The van der Waals surface area contributed by atoms with Crippen molar-refractivity contribution in [2.24, 2.45) is 5.41 Å². The molecule has 0 bridgehead atoms. The number of methoxy groups -OCH3 is 1. The number of carbonyl (C=O) groups is 2. The molecule has 6 nitrogen and oxygen atoms in total. The van der Waals surface area contributed by atoms with Crippen LogP contribution in [0.25, 0.3) is 0 Å². The molecule has 2 unspecified atom stereocenters. The van der Waals surface area contributed by atoms with Gasteiger partial charge in [0.25, 0.3) is 0 Å². The molecule has 1 aromatic carbocycles. The average Bonchev–Trinajstić information content (AvgIpc) is 2.54. The van der Waals surface area contributed by atoms with Gasteiger partial charge in [-0.05, 0) is 51.8 Å². The normalized spacial score (nSPS) is 13.9. The smallest absolute Gasteiger partial charge is 0.320 e. The van der Waals surface area contributed by atoms with Gasteiger partial charge in [0.15, 0.2) is 0 Å². The molecule has 0 aromatic heterocycles. The van der Waals surface area contributed by atoms with Gasteiger partial charge < -0.3 is 19.9 Å². The Morgan fingerprint density at radius 1 is 1.33 bits per heavy atom. The van der Waals surface area contributed by atoms with Gasteiger partial charge in [-0.15, -0.1) is 0 Å². The van der Waals surface area contributed by atoms with Crippen molar-refractivity contribution in [3.63, 3.8) is 0 Å². The maximum absolute atomic E-state index is 12.3. The number of carboxylic acids is 1. The van der Waals surface area contributed by atoms with E-state index in [-0.39, 0.29) is 12.6 Å². The molecule has 2 N–H and O–H groups in total. The Labute approximate surface area is 143 Å². The average molecular weight is 337 g/mol. The SMILES string of the molecule is CCOC(=O)C(C)(C)C(Cc1cccc(OC)c1)NC(C)C(=O)O. The van der Waals surface area contributed by atoms with Crippen LogP contribution in [-0.4, -0.2) is 42.8 Å². The summed E-state index contributed by atoms with van der Waals surface area (Å²) < 4.78 is 10.4. The summed E-state index contributed by atoms with van der Waals surface area (Å²) in [7, 11) is 1.59. The molecular formula is C18H27NO5. The summed E-state index contributed by atoms with van der Waals surface area (Å²) in [5.41, 5.74) is 0.0600. The van der Waals surface area contributed by atoms with Gasteiger partial charge in [-0.1, -0.05) is 12.1 Å². The van der Waals surface area contributed by atoms with E-state index in [0.717, 1.165) is 5.56 Å². The summed E-state index contributed by atoms with van der Waals surface area (Å²) in [5.74, 6) is -0.611. The molecule has 0 aliphatic rings. The van der Waals surface area contributed by atoms with Gasteiger partial charge in [-0.25, -0.2) is 0 Å². The first kappa shape index (κ1) is 20.0. The summed E-state index contributed by atoms with van der Waals surface area (Å²) in [5, 5.41) is 12.2. The van der Waals surface area contributed by atoms with Crippen molar-refractivity contribution in [1.82, 2.24) is 5.32 Å². The van der Waals surface area contributed by atoms with Crippen molar-refractivity contribution >= 4 is 11.9 Å². The van der Waals surface area contributed by atoms with Crippen LogP contribution in [0.15, 0.2) is 24.3 Å². The highest BCUT2D eigenvalue weighted by Gasteiger charge is 2.39. The molecule has 134 valence electrons. The summed E-state index contributed by atoms with van der Waals surface area (Å²) >= 11 is 0. The fraction of sp³-hybridized carbons (Fsp3) is 0.556. The quantitative estimate of drug-likeness (QED) is 0.672. The predicted molar refractivity (Wildman–Crippen MR) is 91.1 cm³/mol.